The number of halogens is 3. The highest BCUT2D eigenvalue weighted by Gasteiger charge is 2.45. The number of ether oxygens (including phenoxy) is 2. The topological polar surface area (TPSA) is 229 Å². The number of rotatable bonds is 22. The lowest BCUT2D eigenvalue weighted by molar-refractivity contribution is -0.137. The average Bonchev–Trinajstić information content (AvgIpc) is 3.89. The molecule has 3 aromatic rings. The Hall–Kier alpha value is -6.00. The maximum Gasteiger partial charge on any atom is 0.416 e. The standard InChI is InChI=1S/C51H70F3N11O8/c1-31(2)63(3)36-12-14-42(65-21-16-40(50(65)71)61-47-37-26-34(51(52,53)54)9-13-39(37)58-30-59-47)41(27-36)62-48(69)32-7-10-35(11-8-32)60-44(67)17-22-72-24-25-73-23-20-56-43(66)15-19-57-49(70)38-28-45(68)64(4)46(38)33-6-5-18-55-29-33/h5-6,9,13,18,26,29-32,35-36,38,40-42,46H,7-8,10-12,14-17,19-25,27-28H2,1-4H3,(H,56,66)(H,57,70)(H,60,67)(H,62,69)(H,58,59,61)/t32?,35?,36-,38?,40+,41-,42+,46?/m1/s1. The van der Waals surface area contributed by atoms with Crippen molar-refractivity contribution in [1.29, 1.82) is 0 Å². The summed E-state index contributed by atoms with van der Waals surface area (Å²) in [5, 5.41) is 15.3. The molecule has 73 heavy (non-hydrogen) atoms. The summed E-state index contributed by atoms with van der Waals surface area (Å²) < 4.78 is 51.9. The van der Waals surface area contributed by atoms with Gasteiger partial charge in [0, 0.05) is 87.8 Å². The molecule has 7 rings (SSSR count). The zero-order chi connectivity index (χ0) is 52.2. The van der Waals surface area contributed by atoms with Gasteiger partial charge in [-0.3, -0.25) is 33.8 Å². The molecule has 398 valence electrons. The largest absolute Gasteiger partial charge is 0.416 e. The first-order valence-electron chi connectivity index (χ1n) is 25.5. The lowest BCUT2D eigenvalue weighted by Gasteiger charge is -2.45. The molecular weight excluding hydrogens is 952 g/mol. The van der Waals surface area contributed by atoms with Gasteiger partial charge in [0.05, 0.1) is 61.6 Å². The van der Waals surface area contributed by atoms with Gasteiger partial charge in [0.1, 0.15) is 18.2 Å². The highest BCUT2D eigenvalue weighted by atomic mass is 19.4. The molecule has 19 nitrogen and oxygen atoms in total. The minimum atomic E-state index is -4.55. The lowest BCUT2D eigenvalue weighted by Crippen LogP contribution is -2.59. The molecule has 2 aromatic heterocycles. The number of nitrogens with one attached hydrogen (secondary N) is 5. The first-order valence-corrected chi connectivity index (χ1v) is 25.5. The molecule has 2 aliphatic carbocycles. The molecule has 2 saturated heterocycles. The second kappa shape index (κ2) is 25.3. The van der Waals surface area contributed by atoms with Crippen LogP contribution in [-0.2, 0) is 44.4 Å². The van der Waals surface area contributed by atoms with E-state index in [9.17, 15) is 41.9 Å². The highest BCUT2D eigenvalue weighted by molar-refractivity contribution is 5.94. The van der Waals surface area contributed by atoms with Gasteiger partial charge in [-0.25, -0.2) is 9.97 Å². The van der Waals surface area contributed by atoms with Gasteiger partial charge in [-0.2, -0.15) is 13.2 Å². The van der Waals surface area contributed by atoms with Gasteiger partial charge in [-0.15, -0.1) is 0 Å². The minimum absolute atomic E-state index is 0.0652. The number of anilines is 1. The van der Waals surface area contributed by atoms with E-state index in [0.717, 1.165) is 24.1 Å². The van der Waals surface area contributed by atoms with Crippen LogP contribution in [0.3, 0.4) is 0 Å². The predicted molar refractivity (Wildman–Crippen MR) is 263 cm³/mol. The molecule has 4 fully saturated rings. The second-order valence-electron chi connectivity index (χ2n) is 19.9. The zero-order valence-corrected chi connectivity index (χ0v) is 42.1. The Morgan fingerprint density at radius 1 is 0.863 bits per heavy atom. The fourth-order valence-corrected chi connectivity index (χ4v) is 10.6. The van der Waals surface area contributed by atoms with Crippen molar-refractivity contribution in [3.8, 4) is 0 Å². The van der Waals surface area contributed by atoms with Crippen LogP contribution in [0.4, 0.5) is 19.0 Å². The number of hydrogen-bond acceptors (Lipinski definition) is 13. The van der Waals surface area contributed by atoms with Crippen molar-refractivity contribution in [2.75, 3.05) is 65.5 Å². The Labute approximate surface area is 423 Å². The van der Waals surface area contributed by atoms with Gasteiger partial charge < -0.3 is 50.8 Å². The predicted octanol–water partition coefficient (Wildman–Crippen LogP) is 3.74. The second-order valence-corrected chi connectivity index (χ2v) is 19.9. The zero-order valence-electron chi connectivity index (χ0n) is 42.1. The van der Waals surface area contributed by atoms with E-state index < -0.39 is 29.7 Å². The third-order valence-corrected chi connectivity index (χ3v) is 14.9. The molecule has 0 spiro atoms. The van der Waals surface area contributed by atoms with E-state index >= 15 is 0 Å². The van der Waals surface area contributed by atoms with Crippen molar-refractivity contribution >= 4 is 52.2 Å². The minimum Gasteiger partial charge on any atom is -0.379 e. The number of nitrogens with zero attached hydrogens (tertiary/aromatic N) is 6. The number of hydrogen-bond donors (Lipinski definition) is 5. The van der Waals surface area contributed by atoms with Gasteiger partial charge in [0.15, 0.2) is 0 Å². The van der Waals surface area contributed by atoms with Gasteiger partial charge in [0.2, 0.25) is 35.4 Å². The Morgan fingerprint density at radius 3 is 2.36 bits per heavy atom. The van der Waals surface area contributed by atoms with Gasteiger partial charge in [0.25, 0.3) is 0 Å². The van der Waals surface area contributed by atoms with Crippen LogP contribution in [0.25, 0.3) is 10.9 Å². The third-order valence-electron chi connectivity index (χ3n) is 14.9. The Balaban J connectivity index is 0.769. The summed E-state index contributed by atoms with van der Waals surface area (Å²) in [6.45, 7) is 6.07. The number of likely N-dealkylation sites (tertiary alicyclic amines) is 2. The first kappa shape index (κ1) is 54.8. The van der Waals surface area contributed by atoms with Gasteiger partial charge in [-0.1, -0.05) is 6.07 Å². The van der Waals surface area contributed by atoms with Crippen molar-refractivity contribution in [2.45, 2.75) is 133 Å². The van der Waals surface area contributed by atoms with E-state index in [0.29, 0.717) is 57.0 Å². The van der Waals surface area contributed by atoms with Crippen LogP contribution in [0.5, 0.6) is 0 Å². The van der Waals surface area contributed by atoms with E-state index in [2.05, 4.69) is 67.3 Å². The summed E-state index contributed by atoms with van der Waals surface area (Å²) in [6.07, 6.45) is 5.39. The van der Waals surface area contributed by atoms with Crippen LogP contribution in [-0.4, -0.2) is 162 Å². The smallest absolute Gasteiger partial charge is 0.379 e. The Kier molecular flexibility index (Phi) is 19.0. The number of fused-ring (bicyclic) bond motifs is 1. The van der Waals surface area contributed by atoms with E-state index in [1.807, 2.05) is 11.0 Å². The molecule has 2 unspecified atom stereocenters. The van der Waals surface area contributed by atoms with Crippen molar-refractivity contribution in [1.82, 2.24) is 50.9 Å². The summed E-state index contributed by atoms with van der Waals surface area (Å²) in [6, 6.07) is 5.57. The Morgan fingerprint density at radius 2 is 1.63 bits per heavy atom. The van der Waals surface area contributed by atoms with Crippen LogP contribution in [0, 0.1) is 11.8 Å². The molecule has 0 radical (unpaired) electrons. The summed E-state index contributed by atoms with van der Waals surface area (Å²) in [5.41, 5.74) is 0.273. The third kappa shape index (κ3) is 14.4. The number of aromatic nitrogens is 3. The van der Waals surface area contributed by atoms with Crippen molar-refractivity contribution in [3.63, 3.8) is 0 Å². The van der Waals surface area contributed by atoms with Crippen LogP contribution < -0.4 is 26.6 Å². The molecule has 6 atom stereocenters. The van der Waals surface area contributed by atoms with Crippen LogP contribution in [0.15, 0.2) is 49.1 Å². The van der Waals surface area contributed by atoms with Crippen molar-refractivity contribution in [2.24, 2.45) is 11.8 Å². The molecule has 4 aliphatic rings. The maximum absolute atomic E-state index is 14.1. The lowest BCUT2D eigenvalue weighted by atomic mass is 9.82. The van der Waals surface area contributed by atoms with Gasteiger partial charge in [-0.05, 0) is 102 Å². The molecule has 22 heteroatoms. The molecule has 2 aliphatic heterocycles. The molecule has 5 N–H and O–H groups in total. The molecule has 1 aromatic carbocycles. The quantitative estimate of drug-likeness (QED) is 0.0906. The normalized spacial score (nSPS) is 24.6. The molecule has 0 bridgehead atoms. The summed E-state index contributed by atoms with van der Waals surface area (Å²) in [4.78, 5) is 96.6. The molecular formula is C51H70F3N11O8. The average molecular weight is 1020 g/mol. The van der Waals surface area contributed by atoms with Crippen LogP contribution in [0.2, 0.25) is 0 Å². The van der Waals surface area contributed by atoms with E-state index in [1.165, 1.54) is 12.4 Å². The maximum atomic E-state index is 14.1. The fraction of sp³-hybridized carbons (Fsp3) is 0.627. The Bertz CT molecular complexity index is 2390. The first-order chi connectivity index (χ1) is 35.0. The van der Waals surface area contributed by atoms with Crippen molar-refractivity contribution < 1.29 is 51.4 Å². The highest BCUT2D eigenvalue weighted by Crippen LogP contribution is 2.38. The molecule has 6 amide bonds. The fourth-order valence-electron chi connectivity index (χ4n) is 10.6. The number of alkyl halides is 3. The number of benzene rings is 1. The van der Waals surface area contributed by atoms with E-state index in [4.69, 9.17) is 9.47 Å². The molecule has 4 heterocycles. The van der Waals surface area contributed by atoms with Crippen LogP contribution >= 0.6 is 0 Å². The van der Waals surface area contributed by atoms with Crippen LogP contribution in [0.1, 0.15) is 102 Å². The van der Waals surface area contributed by atoms with E-state index in [-0.39, 0.29) is 142 Å². The number of pyridine rings is 1. The number of amides is 6. The number of carbonyl (C=O) groups is 6. The van der Waals surface area contributed by atoms with Gasteiger partial charge >= 0.3 is 6.18 Å². The number of carbonyl (C=O) groups excluding carboxylic acids is 6. The monoisotopic (exact) mass is 1020 g/mol. The summed E-state index contributed by atoms with van der Waals surface area (Å²) in [5.74, 6) is -1.72. The SMILES string of the molecule is CC(C)N(C)[C@@H]1CC[C@H](N2CC[C@H](Nc3ncnc4ccc(C(F)(F)F)cc34)C2=O)[C@H](NC(=O)C2CCC(NC(=O)CCOCCOCCNC(=O)CCNC(=O)C3CC(=O)N(C)C3c3cccnc3)CC2)C1. The summed E-state index contributed by atoms with van der Waals surface area (Å²) in [7, 11) is 3.74. The molecule has 2 saturated carbocycles. The summed E-state index contributed by atoms with van der Waals surface area (Å²) >= 11 is 0. The van der Waals surface area contributed by atoms with Crippen molar-refractivity contribution in [3.05, 3.63) is 60.2 Å². The van der Waals surface area contributed by atoms with E-state index in [1.54, 1.807) is 30.4 Å².